The first kappa shape index (κ1) is 24.2. The lowest BCUT2D eigenvalue weighted by Crippen LogP contribution is -2.27. The van der Waals surface area contributed by atoms with Gasteiger partial charge in [-0.15, -0.1) is 0 Å². The molecule has 0 bridgehead atoms. The van der Waals surface area contributed by atoms with E-state index >= 15 is 0 Å². The number of aliphatic imine (C=N–C) groups is 2. The topological polar surface area (TPSA) is 83.8 Å². The molecular weight excluding hydrogens is 356 g/mol. The lowest BCUT2D eigenvalue weighted by molar-refractivity contribution is -0.145. The van der Waals surface area contributed by atoms with Crippen molar-refractivity contribution in [1.82, 2.24) is 9.80 Å². The highest BCUT2D eigenvalue weighted by atomic mass is 32.2. The van der Waals surface area contributed by atoms with E-state index in [1.807, 2.05) is 28.2 Å². The largest absolute Gasteiger partial charge is 0.464 e. The zero-order valence-electron chi connectivity index (χ0n) is 16.7. The lowest BCUT2D eigenvalue weighted by atomic mass is 10.2. The van der Waals surface area contributed by atoms with Crippen LogP contribution in [0.3, 0.4) is 0 Å². The molecule has 2 atom stereocenters. The fourth-order valence-corrected chi connectivity index (χ4v) is 2.72. The van der Waals surface area contributed by atoms with Crippen molar-refractivity contribution in [3.8, 4) is 0 Å². The summed E-state index contributed by atoms with van der Waals surface area (Å²) in [7, 11) is 7.36. The van der Waals surface area contributed by atoms with Crippen molar-refractivity contribution >= 4 is 36.4 Å². The van der Waals surface area contributed by atoms with Crippen LogP contribution in [0.5, 0.6) is 0 Å². The van der Waals surface area contributed by atoms with Crippen molar-refractivity contribution in [3.05, 3.63) is 0 Å². The molecule has 0 aromatic rings. The average molecular weight is 389 g/mol. The number of hydrogen-bond acceptors (Lipinski definition) is 7. The van der Waals surface area contributed by atoms with Crippen LogP contribution in [0.2, 0.25) is 0 Å². The smallest absolute Gasteiger partial charge is 0.331 e. The van der Waals surface area contributed by atoms with Crippen LogP contribution < -0.4 is 0 Å². The monoisotopic (exact) mass is 388 g/mol. The predicted molar refractivity (Wildman–Crippen MR) is 107 cm³/mol. The van der Waals surface area contributed by atoms with E-state index in [1.54, 1.807) is 36.3 Å². The number of hydrogen-bond donors (Lipinski definition) is 0. The highest BCUT2D eigenvalue weighted by Crippen LogP contribution is 2.13. The summed E-state index contributed by atoms with van der Waals surface area (Å²) in [4.78, 5) is 36.0. The minimum Gasteiger partial charge on any atom is -0.464 e. The Bertz CT molecular complexity index is 428. The fraction of sp³-hybridized carbons (Fsp3) is 0.765. The maximum Gasteiger partial charge on any atom is 0.331 e. The van der Waals surface area contributed by atoms with Crippen molar-refractivity contribution in [3.63, 3.8) is 0 Å². The van der Waals surface area contributed by atoms with Gasteiger partial charge in [0.05, 0.1) is 25.9 Å². The lowest BCUT2D eigenvalue weighted by Gasteiger charge is -2.14. The van der Waals surface area contributed by atoms with Crippen molar-refractivity contribution in [1.29, 1.82) is 0 Å². The van der Waals surface area contributed by atoms with Crippen molar-refractivity contribution in [2.45, 2.75) is 32.4 Å². The number of ether oxygens (including phenoxy) is 2. The summed E-state index contributed by atoms with van der Waals surface area (Å²) in [6.07, 6.45) is 3.74. The predicted octanol–water partition coefficient (Wildman–Crippen LogP) is 1.15. The van der Waals surface area contributed by atoms with Crippen LogP contribution in [0.25, 0.3) is 0 Å². The second-order valence-corrected chi connectivity index (χ2v) is 7.01. The van der Waals surface area contributed by atoms with E-state index in [0.29, 0.717) is 31.1 Å². The van der Waals surface area contributed by atoms with Crippen molar-refractivity contribution < 1.29 is 19.1 Å². The number of nitrogens with zero attached hydrogens (tertiary/aromatic N) is 4. The third-order valence-electron chi connectivity index (χ3n) is 2.88. The standard InChI is InChI=1S/C17H32N4O4S/c1-7-24-16(22)14(18-12-20(3)4)9-10-26-11-15(17(23)25-8-2)19-13-21(5)6/h12-15H,7-11H2,1-6H3. The fourth-order valence-electron chi connectivity index (χ4n) is 1.72. The Morgan fingerprint density at radius 2 is 1.38 bits per heavy atom. The van der Waals surface area contributed by atoms with Crippen LogP contribution in [0.4, 0.5) is 0 Å². The summed E-state index contributed by atoms with van der Waals surface area (Å²) in [6.45, 7) is 4.18. The molecule has 9 heteroatoms. The molecule has 0 saturated carbocycles. The number of carbonyl (C=O) groups excluding carboxylic acids is 2. The maximum absolute atomic E-state index is 12.0. The van der Waals surface area contributed by atoms with Gasteiger partial charge in [-0.2, -0.15) is 11.8 Å². The van der Waals surface area contributed by atoms with Gasteiger partial charge in [-0.05, 0) is 26.0 Å². The van der Waals surface area contributed by atoms with E-state index in [-0.39, 0.29) is 11.9 Å². The minimum absolute atomic E-state index is 0.321. The summed E-state index contributed by atoms with van der Waals surface area (Å²) in [5.41, 5.74) is 0. The molecule has 0 rings (SSSR count). The molecule has 0 spiro atoms. The van der Waals surface area contributed by atoms with Crippen molar-refractivity contribution in [2.75, 3.05) is 52.9 Å². The van der Waals surface area contributed by atoms with E-state index in [1.165, 1.54) is 11.8 Å². The summed E-state index contributed by atoms with van der Waals surface area (Å²) in [5.74, 6) is 0.460. The van der Waals surface area contributed by atoms with Gasteiger partial charge in [0.1, 0.15) is 6.04 Å². The first-order valence-electron chi connectivity index (χ1n) is 8.62. The van der Waals surface area contributed by atoms with Gasteiger partial charge in [-0.25, -0.2) is 9.59 Å². The Morgan fingerprint density at radius 3 is 1.85 bits per heavy atom. The molecule has 0 radical (unpaired) electrons. The van der Waals surface area contributed by atoms with Gasteiger partial charge in [0.25, 0.3) is 0 Å². The van der Waals surface area contributed by atoms with E-state index in [0.717, 1.165) is 0 Å². The second-order valence-electron chi connectivity index (χ2n) is 5.86. The average Bonchev–Trinajstić information content (AvgIpc) is 2.56. The molecule has 0 fully saturated rings. The van der Waals surface area contributed by atoms with Crippen LogP contribution in [-0.2, 0) is 19.1 Å². The Balaban J connectivity index is 4.63. The molecule has 0 aromatic heterocycles. The zero-order chi connectivity index (χ0) is 19.9. The third kappa shape index (κ3) is 11.7. The highest BCUT2D eigenvalue weighted by Gasteiger charge is 2.21. The van der Waals surface area contributed by atoms with E-state index in [9.17, 15) is 9.59 Å². The first-order chi connectivity index (χ1) is 12.3. The molecule has 26 heavy (non-hydrogen) atoms. The minimum atomic E-state index is -0.561. The van der Waals surface area contributed by atoms with Gasteiger partial charge < -0.3 is 19.3 Å². The number of carbonyl (C=O) groups is 2. The van der Waals surface area contributed by atoms with E-state index in [2.05, 4.69) is 9.98 Å². The third-order valence-corrected chi connectivity index (χ3v) is 3.96. The molecule has 0 aromatic carbocycles. The molecule has 0 heterocycles. The molecule has 0 N–H and O–H groups in total. The molecule has 2 unspecified atom stereocenters. The molecule has 0 aliphatic rings. The summed E-state index contributed by atoms with van der Waals surface area (Å²) in [5, 5.41) is 0. The highest BCUT2D eigenvalue weighted by molar-refractivity contribution is 7.99. The molecule has 0 aliphatic carbocycles. The Hall–Kier alpha value is -1.77. The first-order valence-corrected chi connectivity index (χ1v) is 9.77. The van der Waals surface area contributed by atoms with Gasteiger partial charge in [0.15, 0.2) is 6.04 Å². The van der Waals surface area contributed by atoms with E-state index < -0.39 is 12.1 Å². The number of rotatable bonds is 13. The number of esters is 2. The van der Waals surface area contributed by atoms with Gasteiger partial charge in [-0.1, -0.05) is 0 Å². The van der Waals surface area contributed by atoms with Gasteiger partial charge in [0.2, 0.25) is 0 Å². The summed E-state index contributed by atoms with van der Waals surface area (Å²) in [6, 6.07) is -1.11. The van der Waals surface area contributed by atoms with Crippen LogP contribution in [0, 0.1) is 0 Å². The second kappa shape index (κ2) is 14.4. The number of thioether (sulfide) groups is 1. The summed E-state index contributed by atoms with van der Waals surface area (Å²) >= 11 is 1.54. The van der Waals surface area contributed by atoms with Crippen LogP contribution in [-0.4, -0.2) is 99.4 Å². The SMILES string of the molecule is CCOC(=O)C(CCSCC(N=CN(C)C)C(=O)OCC)N=CN(C)C. The molecule has 0 aliphatic heterocycles. The Kier molecular flexibility index (Phi) is 13.4. The van der Waals surface area contributed by atoms with Crippen LogP contribution in [0.1, 0.15) is 20.3 Å². The van der Waals surface area contributed by atoms with Gasteiger partial charge >= 0.3 is 11.9 Å². The molecular formula is C17H32N4O4S. The Labute approximate surface area is 161 Å². The molecule has 150 valence electrons. The van der Waals surface area contributed by atoms with Gasteiger partial charge in [-0.3, -0.25) is 9.98 Å². The quantitative estimate of drug-likeness (QED) is 0.203. The van der Waals surface area contributed by atoms with Crippen molar-refractivity contribution in [2.24, 2.45) is 9.98 Å². The Morgan fingerprint density at radius 1 is 0.923 bits per heavy atom. The molecule has 0 saturated heterocycles. The normalized spacial score (nSPS) is 13.6. The zero-order valence-corrected chi connectivity index (χ0v) is 17.5. The maximum atomic E-state index is 12.0. The van der Waals surface area contributed by atoms with E-state index in [4.69, 9.17) is 9.47 Å². The van der Waals surface area contributed by atoms with Crippen LogP contribution in [0.15, 0.2) is 9.98 Å². The molecule has 0 amide bonds. The van der Waals surface area contributed by atoms with Crippen LogP contribution >= 0.6 is 11.8 Å². The van der Waals surface area contributed by atoms with Gasteiger partial charge in [0, 0.05) is 33.9 Å². The molecule has 8 nitrogen and oxygen atoms in total. The summed E-state index contributed by atoms with van der Waals surface area (Å²) < 4.78 is 10.1.